The average molecular weight is 388 g/mol. The summed E-state index contributed by atoms with van der Waals surface area (Å²) in [5.41, 5.74) is 0.632. The second-order valence-corrected chi connectivity index (χ2v) is 8.03. The number of hydrogen-bond donors (Lipinski definition) is 1. The highest BCUT2D eigenvalue weighted by Crippen LogP contribution is 2.21. The Morgan fingerprint density at radius 3 is 2.29 bits per heavy atom. The van der Waals surface area contributed by atoms with Gasteiger partial charge >= 0.3 is 5.97 Å². The maximum Gasteiger partial charge on any atom is 0.322 e. The first-order valence-corrected chi connectivity index (χ1v) is 9.12. The number of carbonyl (C=O) groups is 1. The maximum absolute atomic E-state index is 12.6. The highest BCUT2D eigenvalue weighted by molar-refractivity contribution is 7.89. The summed E-state index contributed by atoms with van der Waals surface area (Å²) in [5, 5.41) is 10.3. The smallest absolute Gasteiger partial charge is 0.322 e. The zero-order valence-electron chi connectivity index (χ0n) is 12.7. The van der Waals surface area contributed by atoms with Crippen LogP contribution >= 0.6 is 23.2 Å². The lowest BCUT2D eigenvalue weighted by molar-refractivity contribution is -0.141. The molecule has 0 saturated carbocycles. The van der Waals surface area contributed by atoms with Crippen molar-refractivity contribution in [3.8, 4) is 0 Å². The van der Waals surface area contributed by atoms with Crippen LogP contribution in [0.15, 0.2) is 53.4 Å². The number of hydrogen-bond acceptors (Lipinski definition) is 3. The molecule has 0 radical (unpaired) electrons. The van der Waals surface area contributed by atoms with Gasteiger partial charge in [-0.05, 0) is 48.4 Å². The molecule has 0 unspecified atom stereocenters. The lowest BCUT2D eigenvalue weighted by atomic mass is 10.1. The topological polar surface area (TPSA) is 74.7 Å². The fourth-order valence-electron chi connectivity index (χ4n) is 2.20. The van der Waals surface area contributed by atoms with Crippen molar-refractivity contribution in [1.82, 2.24) is 4.31 Å². The molecular weight excluding hydrogens is 373 g/mol. The van der Waals surface area contributed by atoms with E-state index in [4.69, 9.17) is 23.2 Å². The molecule has 0 fully saturated rings. The van der Waals surface area contributed by atoms with Crippen molar-refractivity contribution < 1.29 is 18.3 Å². The van der Waals surface area contributed by atoms with Gasteiger partial charge in [0.15, 0.2) is 0 Å². The molecule has 24 heavy (non-hydrogen) atoms. The van der Waals surface area contributed by atoms with E-state index < -0.39 is 22.0 Å². The van der Waals surface area contributed by atoms with Gasteiger partial charge in [-0.25, -0.2) is 8.42 Å². The van der Waals surface area contributed by atoms with Crippen molar-refractivity contribution >= 4 is 39.2 Å². The van der Waals surface area contributed by atoms with Crippen molar-refractivity contribution in [2.45, 2.75) is 17.4 Å². The van der Waals surface area contributed by atoms with Gasteiger partial charge in [0.2, 0.25) is 10.0 Å². The van der Waals surface area contributed by atoms with E-state index >= 15 is 0 Å². The van der Waals surface area contributed by atoms with E-state index in [1.165, 1.54) is 31.3 Å². The highest BCUT2D eigenvalue weighted by Gasteiger charge is 2.33. The Kier molecular flexibility index (Phi) is 5.87. The van der Waals surface area contributed by atoms with Crippen molar-refractivity contribution in [1.29, 1.82) is 0 Å². The molecule has 128 valence electrons. The van der Waals surface area contributed by atoms with Gasteiger partial charge in [-0.3, -0.25) is 4.79 Å². The summed E-state index contributed by atoms with van der Waals surface area (Å²) in [6, 6.07) is 11.0. The van der Waals surface area contributed by atoms with Crippen molar-refractivity contribution in [3.63, 3.8) is 0 Å². The van der Waals surface area contributed by atoms with Crippen molar-refractivity contribution in [2.75, 3.05) is 7.05 Å². The molecule has 0 aliphatic heterocycles. The number of likely N-dealkylation sites (N-methyl/N-ethyl adjacent to an activating group) is 1. The van der Waals surface area contributed by atoms with Crippen LogP contribution in [-0.4, -0.2) is 36.9 Å². The number of halogens is 2. The number of benzene rings is 2. The van der Waals surface area contributed by atoms with Gasteiger partial charge in [0.1, 0.15) is 6.04 Å². The zero-order chi connectivity index (χ0) is 17.9. The van der Waals surface area contributed by atoms with Crippen LogP contribution < -0.4 is 0 Å². The number of aliphatic carboxylic acids is 1. The summed E-state index contributed by atoms with van der Waals surface area (Å²) >= 11 is 11.7. The fourth-order valence-corrected chi connectivity index (χ4v) is 3.85. The lowest BCUT2D eigenvalue weighted by Crippen LogP contribution is -2.43. The maximum atomic E-state index is 12.6. The van der Waals surface area contributed by atoms with Gasteiger partial charge in [-0.2, -0.15) is 4.31 Å². The monoisotopic (exact) mass is 387 g/mol. The SMILES string of the molecule is CN([C@@H](Cc1cccc(Cl)c1)C(=O)O)S(=O)(=O)c1ccc(Cl)cc1. The summed E-state index contributed by atoms with van der Waals surface area (Å²) in [6.45, 7) is 0. The molecular formula is C16H15Cl2NO4S. The number of carboxylic acids is 1. The van der Waals surface area contributed by atoms with Gasteiger partial charge in [-0.15, -0.1) is 0 Å². The van der Waals surface area contributed by atoms with E-state index in [0.29, 0.717) is 15.6 Å². The van der Waals surface area contributed by atoms with Gasteiger partial charge in [0.05, 0.1) is 4.90 Å². The second kappa shape index (κ2) is 7.53. The molecule has 2 rings (SSSR count). The number of sulfonamides is 1. The Balaban J connectivity index is 2.33. The summed E-state index contributed by atoms with van der Waals surface area (Å²) in [5.74, 6) is -1.24. The van der Waals surface area contributed by atoms with Crippen LogP contribution in [0.3, 0.4) is 0 Å². The average Bonchev–Trinajstić information content (AvgIpc) is 2.52. The quantitative estimate of drug-likeness (QED) is 0.824. The molecule has 0 aliphatic carbocycles. The Hall–Kier alpha value is -1.60. The normalized spacial score (nSPS) is 13.0. The predicted octanol–water partition coefficient (Wildman–Crippen LogP) is 3.31. The number of nitrogens with zero attached hydrogens (tertiary/aromatic N) is 1. The summed E-state index contributed by atoms with van der Waals surface area (Å²) in [7, 11) is -2.73. The van der Waals surface area contributed by atoms with Gasteiger partial charge < -0.3 is 5.11 Å². The molecule has 0 spiro atoms. The van der Waals surface area contributed by atoms with Gasteiger partial charge in [-0.1, -0.05) is 35.3 Å². The van der Waals surface area contributed by atoms with Gasteiger partial charge in [0, 0.05) is 17.1 Å². The summed E-state index contributed by atoms with van der Waals surface area (Å²) < 4.78 is 26.1. The Morgan fingerprint density at radius 1 is 1.12 bits per heavy atom. The molecule has 1 atom stereocenters. The van der Waals surface area contributed by atoms with E-state index in [9.17, 15) is 18.3 Å². The molecule has 0 amide bonds. The third kappa shape index (κ3) is 4.27. The first-order valence-electron chi connectivity index (χ1n) is 6.92. The molecule has 2 aromatic carbocycles. The Bertz CT molecular complexity index is 837. The molecule has 1 N–H and O–H groups in total. The van der Waals surface area contributed by atoms with Crippen LogP contribution in [0.5, 0.6) is 0 Å². The summed E-state index contributed by atoms with van der Waals surface area (Å²) in [6.07, 6.45) is -0.000781. The zero-order valence-corrected chi connectivity index (χ0v) is 15.0. The van der Waals surface area contributed by atoms with Crippen LogP contribution in [0.1, 0.15) is 5.56 Å². The second-order valence-electron chi connectivity index (χ2n) is 5.16. The predicted molar refractivity (Wildman–Crippen MR) is 93.0 cm³/mol. The Labute approximate surface area is 150 Å². The minimum absolute atomic E-state index is 0.000781. The minimum atomic E-state index is -3.97. The molecule has 0 bridgehead atoms. The van der Waals surface area contributed by atoms with Crippen LogP contribution in [0, 0.1) is 0 Å². The lowest BCUT2D eigenvalue weighted by Gasteiger charge is -2.24. The van der Waals surface area contributed by atoms with E-state index in [1.54, 1.807) is 24.3 Å². The van der Waals surface area contributed by atoms with E-state index in [0.717, 1.165) is 4.31 Å². The first-order chi connectivity index (χ1) is 11.2. The largest absolute Gasteiger partial charge is 0.480 e. The molecule has 8 heteroatoms. The first kappa shape index (κ1) is 18.7. The molecule has 0 heterocycles. The highest BCUT2D eigenvalue weighted by atomic mass is 35.5. The molecule has 2 aromatic rings. The molecule has 0 aliphatic rings. The van der Waals surface area contributed by atoms with Crippen LogP contribution in [0.25, 0.3) is 0 Å². The Morgan fingerprint density at radius 2 is 1.75 bits per heavy atom. The molecule has 0 aromatic heterocycles. The molecule has 0 saturated heterocycles. The van der Waals surface area contributed by atoms with Crippen LogP contribution in [0.2, 0.25) is 10.0 Å². The minimum Gasteiger partial charge on any atom is -0.480 e. The standard InChI is InChI=1S/C16H15Cl2NO4S/c1-19(24(22,23)14-7-5-12(17)6-8-14)15(16(20)21)10-11-3-2-4-13(18)9-11/h2-9,15H,10H2,1H3,(H,20,21)/t15-/m0/s1. The van der Waals surface area contributed by atoms with Crippen LogP contribution in [0.4, 0.5) is 0 Å². The number of rotatable bonds is 6. The van der Waals surface area contributed by atoms with Crippen molar-refractivity contribution in [3.05, 3.63) is 64.1 Å². The molecule has 5 nitrogen and oxygen atoms in total. The summed E-state index contributed by atoms with van der Waals surface area (Å²) in [4.78, 5) is 11.6. The number of carboxylic acid groups (broad SMARTS) is 1. The van der Waals surface area contributed by atoms with E-state index in [2.05, 4.69) is 0 Å². The third-order valence-corrected chi connectivity index (χ3v) is 5.90. The van der Waals surface area contributed by atoms with E-state index in [-0.39, 0.29) is 11.3 Å². The van der Waals surface area contributed by atoms with Crippen molar-refractivity contribution in [2.24, 2.45) is 0 Å². The third-order valence-electron chi connectivity index (χ3n) is 3.53. The van der Waals surface area contributed by atoms with Crippen LogP contribution in [-0.2, 0) is 21.2 Å². The fraction of sp³-hybridized carbons (Fsp3) is 0.188. The van der Waals surface area contributed by atoms with E-state index in [1.807, 2.05) is 0 Å². The van der Waals surface area contributed by atoms with Gasteiger partial charge in [0.25, 0.3) is 0 Å².